The predicted molar refractivity (Wildman–Crippen MR) is 188 cm³/mol. The molecule has 0 spiro atoms. The number of hydrogen-bond donors (Lipinski definition) is 3. The third-order valence-electron chi connectivity index (χ3n) is 8.14. The highest BCUT2D eigenvalue weighted by Gasteiger charge is 2.30. The fraction of sp³-hybridized carbons (Fsp3) is 0.282. The topological polar surface area (TPSA) is 153 Å². The van der Waals surface area contributed by atoms with Gasteiger partial charge in [0.05, 0.1) is 51.1 Å². The Labute approximate surface area is 295 Å². The van der Waals surface area contributed by atoms with E-state index in [9.17, 15) is 33.8 Å². The van der Waals surface area contributed by atoms with Crippen LogP contribution >= 0.6 is 0 Å². The van der Waals surface area contributed by atoms with Crippen molar-refractivity contribution in [2.24, 2.45) is 0 Å². The molecule has 268 valence electrons. The number of aliphatic hydroxyl groups is 2. The van der Waals surface area contributed by atoms with E-state index in [-0.39, 0.29) is 42.2 Å². The number of esters is 3. The van der Waals surface area contributed by atoms with Gasteiger partial charge in [-0.2, -0.15) is 0 Å². The first-order chi connectivity index (χ1) is 24.4. The first-order valence-electron chi connectivity index (χ1n) is 16.2. The molecule has 12 heteroatoms. The van der Waals surface area contributed by atoms with Crippen LogP contribution in [-0.2, 0) is 25.5 Å². The lowest BCUT2D eigenvalue weighted by atomic mass is 9.94. The van der Waals surface area contributed by atoms with Crippen molar-refractivity contribution < 1.29 is 48.0 Å². The first-order valence-corrected chi connectivity index (χ1v) is 16.2. The highest BCUT2D eigenvalue weighted by molar-refractivity contribution is 6.07. The summed E-state index contributed by atoms with van der Waals surface area (Å²) >= 11 is 0. The number of hydrogen-bond acceptors (Lipinski definition) is 9. The fourth-order valence-electron chi connectivity index (χ4n) is 5.78. The lowest BCUT2D eigenvalue weighted by Gasteiger charge is -2.18. The molecule has 1 aromatic heterocycles. The summed E-state index contributed by atoms with van der Waals surface area (Å²) in [5, 5.41) is 24.1. The van der Waals surface area contributed by atoms with E-state index in [1.165, 1.54) is 51.7 Å². The monoisotopic (exact) mass is 700 g/mol. The van der Waals surface area contributed by atoms with E-state index in [2.05, 4.69) is 10.1 Å². The zero-order valence-electron chi connectivity index (χ0n) is 29.0. The molecule has 0 saturated heterocycles. The zero-order chi connectivity index (χ0) is 37.2. The predicted octanol–water partition coefficient (Wildman–Crippen LogP) is 5.73. The van der Waals surface area contributed by atoms with Gasteiger partial charge >= 0.3 is 17.9 Å². The van der Waals surface area contributed by atoms with Gasteiger partial charge in [0.25, 0.3) is 5.91 Å². The summed E-state index contributed by atoms with van der Waals surface area (Å²) in [5.41, 5.74) is 3.73. The number of halogens is 1. The van der Waals surface area contributed by atoms with Gasteiger partial charge in [-0.15, -0.1) is 0 Å². The Bertz CT molecular complexity index is 1900. The molecule has 3 N–H and O–H groups in total. The average Bonchev–Trinajstić information content (AvgIpc) is 3.48. The van der Waals surface area contributed by atoms with Crippen LogP contribution in [0.1, 0.15) is 75.2 Å². The number of nitrogens with one attached hydrogen (secondary N) is 1. The van der Waals surface area contributed by atoms with Crippen LogP contribution in [0.25, 0.3) is 28.3 Å². The van der Waals surface area contributed by atoms with E-state index in [1.807, 2.05) is 48.7 Å². The highest BCUT2D eigenvalue weighted by Crippen LogP contribution is 2.42. The Balaban J connectivity index is 1.87. The van der Waals surface area contributed by atoms with Crippen molar-refractivity contribution in [2.45, 2.75) is 51.5 Å². The molecule has 4 aromatic rings. The van der Waals surface area contributed by atoms with Crippen LogP contribution in [0.3, 0.4) is 0 Å². The maximum Gasteiger partial charge on any atom is 0.338 e. The summed E-state index contributed by atoms with van der Waals surface area (Å²) in [6.45, 7) is 3.75. The van der Waals surface area contributed by atoms with Gasteiger partial charge in [0.1, 0.15) is 11.5 Å². The smallest absolute Gasteiger partial charge is 0.338 e. The number of ether oxygens (including phenoxy) is 3. The molecule has 0 unspecified atom stereocenters. The Kier molecular flexibility index (Phi) is 13.0. The van der Waals surface area contributed by atoms with E-state index in [1.54, 1.807) is 24.3 Å². The van der Waals surface area contributed by atoms with Crippen LogP contribution in [0.4, 0.5) is 4.39 Å². The van der Waals surface area contributed by atoms with Gasteiger partial charge in [-0.1, -0.05) is 54.6 Å². The third kappa shape index (κ3) is 9.15. The van der Waals surface area contributed by atoms with Crippen LogP contribution < -0.4 is 5.32 Å². The SMILES string of the molecule is COC(=O)C[C@H](O)C[C@H](O)C=Cc1c(-c2ccc(F)cc2)c(-c2ccccc2)c(C(=O)NCc2ccc(C(=O)OC)c(C(=O)OC)c2)n1C(C)C. The summed E-state index contributed by atoms with van der Waals surface area (Å²) in [4.78, 5) is 50.8. The third-order valence-corrected chi connectivity index (χ3v) is 8.14. The molecule has 11 nitrogen and oxygen atoms in total. The van der Waals surface area contributed by atoms with E-state index >= 15 is 0 Å². The average molecular weight is 701 g/mol. The molecular formula is C39H41FN2O9. The molecule has 0 aliphatic carbocycles. The van der Waals surface area contributed by atoms with Crippen LogP contribution in [0.2, 0.25) is 0 Å². The van der Waals surface area contributed by atoms with Crippen molar-refractivity contribution in [1.82, 2.24) is 9.88 Å². The minimum atomic E-state index is -1.17. The summed E-state index contributed by atoms with van der Waals surface area (Å²) in [6.07, 6.45) is 0.339. The van der Waals surface area contributed by atoms with Gasteiger partial charge < -0.3 is 34.3 Å². The highest BCUT2D eigenvalue weighted by atomic mass is 19.1. The molecule has 0 saturated carbocycles. The standard InChI is InChI=1S/C39H41FN2O9/c1-23(2)42-32(18-16-28(43)20-29(44)21-33(45)49-3)34(26-12-14-27(40)15-13-26)35(25-9-7-6-8-10-25)36(42)37(46)41-22-24-11-17-30(38(47)50-4)31(19-24)39(48)51-5/h6-19,23,28-29,43-44H,20-22H2,1-5H3,(H,41,46)/t28-,29-/m1/s1. The Morgan fingerprint density at radius 1 is 0.824 bits per heavy atom. The Hall–Kier alpha value is -5.59. The summed E-state index contributed by atoms with van der Waals surface area (Å²) < 4.78 is 30.3. The van der Waals surface area contributed by atoms with Gasteiger partial charge in [0, 0.05) is 35.8 Å². The molecule has 0 fully saturated rings. The van der Waals surface area contributed by atoms with Crippen LogP contribution in [-0.4, -0.2) is 72.1 Å². The van der Waals surface area contributed by atoms with Crippen LogP contribution in [0, 0.1) is 5.82 Å². The van der Waals surface area contributed by atoms with Gasteiger partial charge in [-0.25, -0.2) is 14.0 Å². The molecule has 51 heavy (non-hydrogen) atoms. The lowest BCUT2D eigenvalue weighted by molar-refractivity contribution is -0.143. The molecule has 0 bridgehead atoms. The number of carbonyl (C=O) groups excluding carboxylic acids is 4. The minimum Gasteiger partial charge on any atom is -0.469 e. The van der Waals surface area contributed by atoms with E-state index in [0.29, 0.717) is 33.5 Å². The van der Waals surface area contributed by atoms with E-state index < -0.39 is 41.8 Å². The summed E-state index contributed by atoms with van der Waals surface area (Å²) in [6, 6.07) is 19.2. The number of aliphatic hydroxyl groups excluding tert-OH is 2. The number of nitrogens with zero attached hydrogens (tertiary/aromatic N) is 1. The number of aromatic nitrogens is 1. The van der Waals surface area contributed by atoms with Crippen LogP contribution in [0.15, 0.2) is 78.9 Å². The Morgan fingerprint density at radius 2 is 1.45 bits per heavy atom. The molecule has 0 aliphatic heterocycles. The van der Waals surface area contributed by atoms with Crippen molar-refractivity contribution in [3.8, 4) is 22.3 Å². The molecule has 0 aliphatic rings. The number of rotatable bonds is 14. The lowest BCUT2D eigenvalue weighted by Crippen LogP contribution is -2.27. The summed E-state index contributed by atoms with van der Waals surface area (Å²) in [7, 11) is 3.60. The number of carbonyl (C=O) groups is 4. The number of methoxy groups -OCH3 is 3. The molecule has 4 rings (SSSR count). The fourth-order valence-corrected chi connectivity index (χ4v) is 5.78. The Morgan fingerprint density at radius 3 is 2.06 bits per heavy atom. The normalized spacial score (nSPS) is 12.4. The van der Waals surface area contributed by atoms with Gasteiger partial charge in [-0.3, -0.25) is 9.59 Å². The van der Waals surface area contributed by atoms with Gasteiger partial charge in [0.2, 0.25) is 0 Å². The second-order valence-electron chi connectivity index (χ2n) is 12.0. The zero-order valence-corrected chi connectivity index (χ0v) is 29.0. The quantitative estimate of drug-likeness (QED) is 0.111. The van der Waals surface area contributed by atoms with Crippen molar-refractivity contribution in [3.63, 3.8) is 0 Å². The maximum atomic E-state index is 14.4. The molecule has 0 radical (unpaired) electrons. The molecule has 2 atom stereocenters. The van der Waals surface area contributed by atoms with Crippen LogP contribution in [0.5, 0.6) is 0 Å². The van der Waals surface area contributed by atoms with E-state index in [4.69, 9.17) is 9.47 Å². The number of benzene rings is 3. The van der Waals surface area contributed by atoms with Crippen molar-refractivity contribution >= 4 is 29.9 Å². The largest absolute Gasteiger partial charge is 0.469 e. The summed E-state index contributed by atoms with van der Waals surface area (Å²) in [5.74, 6) is -3.00. The number of amides is 1. The van der Waals surface area contributed by atoms with Gasteiger partial charge in [-0.05, 0) is 60.9 Å². The molecule has 3 aromatic carbocycles. The van der Waals surface area contributed by atoms with Gasteiger partial charge in [0.15, 0.2) is 0 Å². The molecule has 1 amide bonds. The van der Waals surface area contributed by atoms with Crippen molar-refractivity contribution in [2.75, 3.05) is 21.3 Å². The first kappa shape index (κ1) is 38.2. The maximum absolute atomic E-state index is 14.4. The molecular weight excluding hydrogens is 659 g/mol. The molecule has 1 heterocycles. The minimum absolute atomic E-state index is 0.0137. The second-order valence-corrected chi connectivity index (χ2v) is 12.0. The van der Waals surface area contributed by atoms with E-state index in [0.717, 1.165) is 0 Å². The van der Waals surface area contributed by atoms with Crippen molar-refractivity contribution in [1.29, 1.82) is 0 Å². The van der Waals surface area contributed by atoms with Crippen molar-refractivity contribution in [3.05, 3.63) is 113 Å². The second kappa shape index (κ2) is 17.4.